The zero-order chi connectivity index (χ0) is 17.1. The Morgan fingerprint density at radius 3 is 2.83 bits per heavy atom. The summed E-state index contributed by atoms with van der Waals surface area (Å²) < 4.78 is 19.7. The van der Waals surface area contributed by atoms with Gasteiger partial charge in [-0.1, -0.05) is 6.07 Å². The largest absolute Gasteiger partial charge is 0.442 e. The van der Waals surface area contributed by atoms with Crippen LogP contribution < -0.4 is 15.5 Å². The third-order valence-electron chi connectivity index (χ3n) is 4.53. The van der Waals surface area contributed by atoms with Gasteiger partial charge in [0.1, 0.15) is 11.9 Å². The zero-order valence-electron chi connectivity index (χ0n) is 13.7. The Labute approximate surface area is 140 Å². The lowest BCUT2D eigenvalue weighted by Gasteiger charge is -2.24. The number of benzene rings is 1. The molecule has 0 saturated carbocycles. The van der Waals surface area contributed by atoms with Gasteiger partial charge in [-0.3, -0.25) is 9.69 Å². The van der Waals surface area contributed by atoms with Crippen molar-refractivity contribution in [3.8, 4) is 0 Å². The van der Waals surface area contributed by atoms with E-state index >= 15 is 0 Å². The Bertz CT molecular complexity index is 632. The van der Waals surface area contributed by atoms with Crippen LogP contribution in [0.25, 0.3) is 0 Å². The number of anilines is 1. The Balaban J connectivity index is 1.69. The lowest BCUT2D eigenvalue weighted by Crippen LogP contribution is -2.33. The average molecular weight is 335 g/mol. The van der Waals surface area contributed by atoms with Crippen LogP contribution in [-0.4, -0.2) is 44.3 Å². The minimum atomic E-state index is -0.514. The predicted octanol–water partition coefficient (Wildman–Crippen LogP) is 1.75. The van der Waals surface area contributed by atoms with Crippen LogP contribution in [0.2, 0.25) is 0 Å². The number of nitrogens with one attached hydrogen (secondary N) is 2. The van der Waals surface area contributed by atoms with Gasteiger partial charge in [-0.25, -0.2) is 9.18 Å². The van der Waals surface area contributed by atoms with Crippen molar-refractivity contribution in [2.24, 2.45) is 0 Å². The molecule has 1 aromatic rings. The summed E-state index contributed by atoms with van der Waals surface area (Å²) in [4.78, 5) is 24.3. The van der Waals surface area contributed by atoms with Gasteiger partial charge in [-0.2, -0.15) is 0 Å². The first-order chi connectivity index (χ1) is 11.5. The number of halogens is 1. The van der Waals surface area contributed by atoms with Crippen LogP contribution in [0.5, 0.6) is 0 Å². The number of amides is 2. The second-order valence-electron chi connectivity index (χ2n) is 6.28. The molecule has 3 rings (SSSR count). The van der Waals surface area contributed by atoms with Crippen molar-refractivity contribution >= 4 is 17.7 Å². The van der Waals surface area contributed by atoms with Crippen molar-refractivity contribution in [2.75, 3.05) is 31.1 Å². The lowest BCUT2D eigenvalue weighted by atomic mass is 9.89. The molecule has 2 saturated heterocycles. The Morgan fingerprint density at radius 2 is 2.17 bits per heavy atom. The van der Waals surface area contributed by atoms with Gasteiger partial charge in [0.25, 0.3) is 0 Å². The van der Waals surface area contributed by atoms with Gasteiger partial charge in [0, 0.05) is 6.92 Å². The molecule has 1 atom stereocenters. The number of cyclic esters (lactones) is 1. The second kappa shape index (κ2) is 7.17. The summed E-state index contributed by atoms with van der Waals surface area (Å²) >= 11 is 0. The molecule has 2 amide bonds. The van der Waals surface area contributed by atoms with E-state index in [1.165, 1.54) is 17.9 Å². The first-order valence-electron chi connectivity index (χ1n) is 8.27. The smallest absolute Gasteiger partial charge is 0.414 e. The molecule has 130 valence electrons. The van der Waals surface area contributed by atoms with E-state index in [1.807, 2.05) is 0 Å². The first kappa shape index (κ1) is 16.7. The Hall–Kier alpha value is -2.15. The van der Waals surface area contributed by atoms with E-state index in [0.29, 0.717) is 17.8 Å². The minimum absolute atomic E-state index is 0.179. The topological polar surface area (TPSA) is 70.7 Å². The van der Waals surface area contributed by atoms with Gasteiger partial charge in [0.05, 0.1) is 18.8 Å². The van der Waals surface area contributed by atoms with Crippen molar-refractivity contribution in [1.29, 1.82) is 0 Å². The van der Waals surface area contributed by atoms with Gasteiger partial charge in [0.15, 0.2) is 0 Å². The van der Waals surface area contributed by atoms with E-state index in [1.54, 1.807) is 12.1 Å². The number of hydrogen-bond acceptors (Lipinski definition) is 4. The molecule has 2 aliphatic heterocycles. The van der Waals surface area contributed by atoms with Gasteiger partial charge in [-0.15, -0.1) is 0 Å². The molecule has 1 unspecified atom stereocenters. The molecule has 2 fully saturated rings. The highest BCUT2D eigenvalue weighted by Crippen LogP contribution is 2.31. The molecule has 2 N–H and O–H groups in total. The van der Waals surface area contributed by atoms with Gasteiger partial charge < -0.3 is 15.4 Å². The maximum Gasteiger partial charge on any atom is 0.414 e. The summed E-state index contributed by atoms with van der Waals surface area (Å²) in [6.07, 6.45) is 0.898. The molecule has 7 heteroatoms. The summed E-state index contributed by atoms with van der Waals surface area (Å²) in [5.41, 5.74) is 1.20. The highest BCUT2D eigenvalue weighted by Gasteiger charge is 2.33. The number of carbonyl (C=O) groups excluding carboxylic acids is 2. The fraction of sp³-hybridized carbons (Fsp3) is 0.529. The molecule has 0 radical (unpaired) electrons. The third-order valence-corrected chi connectivity index (χ3v) is 4.53. The number of rotatable bonds is 4. The summed E-state index contributed by atoms with van der Waals surface area (Å²) in [5.74, 6) is -0.238. The van der Waals surface area contributed by atoms with E-state index in [-0.39, 0.29) is 24.2 Å². The van der Waals surface area contributed by atoms with Crippen molar-refractivity contribution in [2.45, 2.75) is 31.8 Å². The molecule has 0 aromatic heterocycles. The molecular weight excluding hydrogens is 313 g/mol. The summed E-state index contributed by atoms with van der Waals surface area (Å²) in [5, 5.41) is 5.89. The summed E-state index contributed by atoms with van der Waals surface area (Å²) in [7, 11) is 0. The van der Waals surface area contributed by atoms with E-state index in [9.17, 15) is 14.0 Å². The minimum Gasteiger partial charge on any atom is -0.442 e. The fourth-order valence-corrected chi connectivity index (χ4v) is 3.24. The van der Waals surface area contributed by atoms with E-state index in [0.717, 1.165) is 25.9 Å². The SMILES string of the molecule is CC(=O)NCC1CN(c2ccc(C3CCNCC3)c(F)c2)C(=O)O1. The quantitative estimate of drug-likeness (QED) is 0.879. The number of hydrogen-bond donors (Lipinski definition) is 2. The maximum atomic E-state index is 14.5. The van der Waals surface area contributed by atoms with Crippen molar-refractivity contribution in [3.63, 3.8) is 0 Å². The first-order valence-corrected chi connectivity index (χ1v) is 8.27. The van der Waals surface area contributed by atoms with Crippen LogP contribution in [0, 0.1) is 5.82 Å². The monoisotopic (exact) mass is 335 g/mol. The highest BCUT2D eigenvalue weighted by molar-refractivity contribution is 5.89. The third kappa shape index (κ3) is 3.67. The number of carbonyl (C=O) groups is 2. The van der Waals surface area contributed by atoms with Gasteiger partial charge in [0.2, 0.25) is 5.91 Å². The second-order valence-corrected chi connectivity index (χ2v) is 6.28. The van der Waals surface area contributed by atoms with Crippen LogP contribution >= 0.6 is 0 Å². The molecule has 2 heterocycles. The predicted molar refractivity (Wildman–Crippen MR) is 87.5 cm³/mol. The fourth-order valence-electron chi connectivity index (χ4n) is 3.24. The van der Waals surface area contributed by atoms with Gasteiger partial charge >= 0.3 is 6.09 Å². The Kier molecular flexibility index (Phi) is 4.99. The lowest BCUT2D eigenvalue weighted by molar-refractivity contribution is -0.119. The molecular formula is C17H22FN3O3. The summed E-state index contributed by atoms with van der Waals surface area (Å²) in [6.45, 7) is 3.76. The van der Waals surface area contributed by atoms with Crippen LogP contribution in [-0.2, 0) is 9.53 Å². The normalized spacial score (nSPS) is 21.7. The van der Waals surface area contributed by atoms with Crippen LogP contribution in [0.15, 0.2) is 18.2 Å². The van der Waals surface area contributed by atoms with Crippen molar-refractivity contribution < 1.29 is 18.7 Å². The number of piperidine rings is 1. The average Bonchev–Trinajstić information content (AvgIpc) is 2.94. The van der Waals surface area contributed by atoms with E-state index in [2.05, 4.69) is 10.6 Å². The maximum absolute atomic E-state index is 14.5. The molecule has 24 heavy (non-hydrogen) atoms. The molecule has 0 bridgehead atoms. The van der Waals surface area contributed by atoms with Crippen molar-refractivity contribution in [3.05, 3.63) is 29.6 Å². The van der Waals surface area contributed by atoms with Crippen LogP contribution in [0.4, 0.5) is 14.9 Å². The number of nitrogens with zero attached hydrogens (tertiary/aromatic N) is 1. The molecule has 0 spiro atoms. The standard InChI is InChI=1S/C17H22FN3O3/c1-11(22)20-9-14-10-21(17(23)24-14)13-2-3-15(16(18)8-13)12-4-6-19-7-5-12/h2-3,8,12,14,19H,4-7,9-10H2,1H3,(H,20,22). The van der Waals surface area contributed by atoms with E-state index < -0.39 is 12.2 Å². The highest BCUT2D eigenvalue weighted by atomic mass is 19.1. The van der Waals surface area contributed by atoms with Gasteiger partial charge in [-0.05, 0) is 49.5 Å². The molecule has 1 aromatic carbocycles. The van der Waals surface area contributed by atoms with E-state index in [4.69, 9.17) is 4.74 Å². The van der Waals surface area contributed by atoms with Crippen LogP contribution in [0.3, 0.4) is 0 Å². The Morgan fingerprint density at radius 1 is 1.42 bits per heavy atom. The molecule has 0 aliphatic carbocycles. The molecule has 6 nitrogen and oxygen atoms in total. The number of ether oxygens (including phenoxy) is 1. The van der Waals surface area contributed by atoms with Crippen LogP contribution in [0.1, 0.15) is 31.2 Å². The molecule has 2 aliphatic rings. The summed E-state index contributed by atoms with van der Waals surface area (Å²) in [6, 6.07) is 4.94. The van der Waals surface area contributed by atoms with Crippen molar-refractivity contribution in [1.82, 2.24) is 10.6 Å². The zero-order valence-corrected chi connectivity index (χ0v) is 13.7.